The minimum absolute atomic E-state index is 0.0644. The van der Waals surface area contributed by atoms with Crippen LogP contribution in [-0.4, -0.2) is 70.8 Å². The number of nitrogens with one attached hydrogen (secondary N) is 4. The summed E-state index contributed by atoms with van der Waals surface area (Å²) in [6.07, 6.45) is 5.49. The Hall–Kier alpha value is -4.70. The highest BCUT2D eigenvalue weighted by molar-refractivity contribution is 6.02. The summed E-state index contributed by atoms with van der Waals surface area (Å²) in [6.45, 7) is 8.54. The van der Waals surface area contributed by atoms with Crippen molar-refractivity contribution in [2.45, 2.75) is 90.4 Å². The van der Waals surface area contributed by atoms with E-state index in [2.05, 4.69) is 26.4 Å². The van der Waals surface area contributed by atoms with Gasteiger partial charge in [0.05, 0.1) is 6.10 Å². The number of hydrogen-bond acceptors (Lipinski definition) is 9. The van der Waals surface area contributed by atoms with Crippen LogP contribution in [0.2, 0.25) is 0 Å². The Labute approximate surface area is 269 Å². The molecule has 46 heavy (non-hydrogen) atoms. The van der Waals surface area contributed by atoms with Gasteiger partial charge in [-0.1, -0.05) is 36.6 Å². The molecule has 1 aromatic heterocycles. The third kappa shape index (κ3) is 11.3. The summed E-state index contributed by atoms with van der Waals surface area (Å²) in [5, 5.41) is 34.2. The molecule has 1 aliphatic rings. The second kappa shape index (κ2) is 16.6. The molecule has 0 aliphatic heterocycles. The van der Waals surface area contributed by atoms with Gasteiger partial charge in [-0.3, -0.25) is 19.2 Å². The van der Waals surface area contributed by atoms with Gasteiger partial charge in [-0.05, 0) is 77.2 Å². The van der Waals surface area contributed by atoms with Gasteiger partial charge >= 0.3 is 0 Å². The fraction of sp³-hybridized carbons (Fsp3) is 0.515. The molecule has 0 saturated heterocycles. The second-order valence-corrected chi connectivity index (χ2v) is 12.6. The van der Waals surface area contributed by atoms with Crippen LogP contribution < -0.4 is 26.0 Å². The maximum absolute atomic E-state index is 13.4. The molecule has 1 saturated carbocycles. The highest BCUT2D eigenvalue weighted by atomic mass is 16.5. The largest absolute Gasteiger partial charge is 0.491 e. The van der Waals surface area contributed by atoms with Gasteiger partial charge in [0.25, 0.3) is 11.8 Å². The molecule has 248 valence electrons. The Kier molecular flexibility index (Phi) is 12.9. The van der Waals surface area contributed by atoms with Crippen LogP contribution >= 0.6 is 0 Å². The van der Waals surface area contributed by atoms with Crippen molar-refractivity contribution in [3.05, 3.63) is 52.9 Å². The lowest BCUT2D eigenvalue weighted by atomic mass is 9.89. The SMILES string of the molecule is Cc1cc(C(=O)N[C@H](C(=O)NC(COc2cccc(C=C(C#N)C(=O)NC(C)(C)C)c2)C(=O)NCC2CCCCC2)[C@@H](C)O)no1. The van der Waals surface area contributed by atoms with Crippen molar-refractivity contribution in [1.82, 2.24) is 26.4 Å². The first kappa shape index (κ1) is 35.8. The predicted molar refractivity (Wildman–Crippen MR) is 169 cm³/mol. The van der Waals surface area contributed by atoms with Crippen LogP contribution in [0.5, 0.6) is 5.75 Å². The summed E-state index contributed by atoms with van der Waals surface area (Å²) in [4.78, 5) is 51.8. The molecule has 3 rings (SSSR count). The molecule has 1 heterocycles. The Balaban J connectivity index is 1.76. The van der Waals surface area contributed by atoms with Crippen molar-refractivity contribution in [3.8, 4) is 11.8 Å². The number of benzene rings is 1. The number of carbonyl (C=O) groups excluding carboxylic acids is 4. The number of aryl methyl sites for hydroxylation is 1. The lowest BCUT2D eigenvalue weighted by Gasteiger charge is -2.26. The van der Waals surface area contributed by atoms with Crippen molar-refractivity contribution < 1.29 is 33.5 Å². The molecule has 0 radical (unpaired) electrons. The number of aromatic nitrogens is 1. The minimum Gasteiger partial charge on any atom is -0.491 e. The van der Waals surface area contributed by atoms with Gasteiger partial charge in [-0.2, -0.15) is 5.26 Å². The van der Waals surface area contributed by atoms with E-state index in [1.165, 1.54) is 25.5 Å². The van der Waals surface area contributed by atoms with E-state index >= 15 is 0 Å². The molecular formula is C33H44N6O7. The Bertz CT molecular complexity index is 1450. The fourth-order valence-corrected chi connectivity index (χ4v) is 4.89. The topological polar surface area (TPSA) is 196 Å². The van der Waals surface area contributed by atoms with Crippen LogP contribution in [0.25, 0.3) is 6.08 Å². The molecule has 1 fully saturated rings. The zero-order valence-corrected chi connectivity index (χ0v) is 27.0. The summed E-state index contributed by atoms with van der Waals surface area (Å²) in [5.74, 6) is -1.48. The second-order valence-electron chi connectivity index (χ2n) is 12.6. The summed E-state index contributed by atoms with van der Waals surface area (Å²) in [5.41, 5.74) is -0.170. The molecule has 3 atom stereocenters. The van der Waals surface area contributed by atoms with Crippen molar-refractivity contribution >= 4 is 29.7 Å². The maximum Gasteiger partial charge on any atom is 0.274 e. The highest BCUT2D eigenvalue weighted by Crippen LogP contribution is 2.23. The van der Waals surface area contributed by atoms with Gasteiger partial charge in [0.15, 0.2) is 5.69 Å². The molecule has 13 heteroatoms. The van der Waals surface area contributed by atoms with Gasteiger partial charge in [0.1, 0.15) is 41.8 Å². The number of carbonyl (C=O) groups is 4. The van der Waals surface area contributed by atoms with Crippen molar-refractivity contribution in [3.63, 3.8) is 0 Å². The molecule has 4 amide bonds. The van der Waals surface area contributed by atoms with Crippen LogP contribution in [0.4, 0.5) is 0 Å². The van der Waals surface area contributed by atoms with Crippen LogP contribution in [-0.2, 0) is 14.4 Å². The van der Waals surface area contributed by atoms with Crippen molar-refractivity contribution in [2.24, 2.45) is 5.92 Å². The van der Waals surface area contributed by atoms with Crippen molar-refractivity contribution in [2.75, 3.05) is 13.2 Å². The van der Waals surface area contributed by atoms with Gasteiger partial charge in [-0.25, -0.2) is 0 Å². The monoisotopic (exact) mass is 636 g/mol. The first-order chi connectivity index (χ1) is 21.8. The standard InChI is InChI=1S/C33H44N6O7/c1-20-14-26(39-46-20)31(43)37-28(21(2)40)32(44)36-27(30(42)35-18-22-10-7-6-8-11-22)19-45-25-13-9-12-23(16-25)15-24(17-34)29(41)38-33(3,4)5/h9,12-16,21-22,27-28,40H,6-8,10-11,18-19H2,1-5H3,(H,35,42)(H,36,44)(H,37,43)(H,38,41)/t21-,27?,28+/m1/s1. The fourth-order valence-electron chi connectivity index (χ4n) is 4.89. The average Bonchev–Trinajstić information content (AvgIpc) is 3.45. The van der Waals surface area contributed by atoms with E-state index in [0.717, 1.165) is 25.7 Å². The Morgan fingerprint density at radius 1 is 1.13 bits per heavy atom. The predicted octanol–water partition coefficient (Wildman–Crippen LogP) is 2.54. The molecular weight excluding hydrogens is 592 g/mol. The quantitative estimate of drug-likeness (QED) is 0.162. The number of ether oxygens (including phenoxy) is 1. The molecule has 0 bridgehead atoms. The zero-order valence-electron chi connectivity index (χ0n) is 27.0. The molecule has 1 aliphatic carbocycles. The lowest BCUT2D eigenvalue weighted by Crippen LogP contribution is -2.58. The van der Waals surface area contributed by atoms with E-state index in [0.29, 0.717) is 29.5 Å². The van der Waals surface area contributed by atoms with E-state index in [1.807, 2.05) is 26.8 Å². The first-order valence-corrected chi connectivity index (χ1v) is 15.4. The van der Waals surface area contributed by atoms with Crippen LogP contribution in [0.15, 0.2) is 40.4 Å². The number of amides is 4. The van der Waals surface area contributed by atoms with Gasteiger partial charge in [0, 0.05) is 18.2 Å². The number of rotatable bonds is 13. The van der Waals surface area contributed by atoms with Crippen LogP contribution in [0, 0.1) is 24.2 Å². The number of aliphatic hydroxyl groups is 1. The third-order valence-corrected chi connectivity index (χ3v) is 7.27. The molecule has 5 N–H and O–H groups in total. The molecule has 0 spiro atoms. The average molecular weight is 637 g/mol. The number of hydrogen-bond donors (Lipinski definition) is 5. The zero-order chi connectivity index (χ0) is 33.9. The lowest BCUT2D eigenvalue weighted by molar-refractivity contribution is -0.132. The van der Waals surface area contributed by atoms with E-state index in [4.69, 9.17) is 9.26 Å². The van der Waals surface area contributed by atoms with Gasteiger partial charge < -0.3 is 35.6 Å². The molecule has 13 nitrogen and oxygen atoms in total. The van der Waals surface area contributed by atoms with Gasteiger partial charge in [-0.15, -0.1) is 0 Å². The minimum atomic E-state index is -1.41. The summed E-state index contributed by atoms with van der Waals surface area (Å²) >= 11 is 0. The Morgan fingerprint density at radius 2 is 1.85 bits per heavy atom. The highest BCUT2D eigenvalue weighted by Gasteiger charge is 2.31. The van der Waals surface area contributed by atoms with E-state index < -0.39 is 47.4 Å². The van der Waals surface area contributed by atoms with Crippen LogP contribution in [0.3, 0.4) is 0 Å². The van der Waals surface area contributed by atoms with E-state index in [-0.39, 0.29) is 17.9 Å². The normalized spacial score (nSPS) is 15.9. The maximum atomic E-state index is 13.4. The summed E-state index contributed by atoms with van der Waals surface area (Å²) in [6, 6.07) is 7.30. The first-order valence-electron chi connectivity index (χ1n) is 15.4. The summed E-state index contributed by atoms with van der Waals surface area (Å²) < 4.78 is 10.8. The molecule has 2 aromatic rings. The number of nitrogens with zero attached hydrogens (tertiary/aromatic N) is 2. The molecule has 1 unspecified atom stereocenters. The van der Waals surface area contributed by atoms with E-state index in [1.54, 1.807) is 31.2 Å². The molecule has 1 aromatic carbocycles. The smallest absolute Gasteiger partial charge is 0.274 e. The van der Waals surface area contributed by atoms with E-state index in [9.17, 15) is 29.5 Å². The Morgan fingerprint density at radius 3 is 2.46 bits per heavy atom. The number of aliphatic hydroxyl groups excluding tert-OH is 1. The van der Waals surface area contributed by atoms with Gasteiger partial charge in [0.2, 0.25) is 11.8 Å². The van der Waals surface area contributed by atoms with Crippen LogP contribution in [0.1, 0.15) is 81.6 Å². The number of nitriles is 1. The third-order valence-electron chi connectivity index (χ3n) is 7.27. The van der Waals surface area contributed by atoms with Crippen molar-refractivity contribution in [1.29, 1.82) is 5.26 Å². The summed E-state index contributed by atoms with van der Waals surface area (Å²) in [7, 11) is 0.